The number of rotatable bonds is 4. The minimum Gasteiger partial charge on any atom is -0.478 e. The van der Waals surface area contributed by atoms with Gasteiger partial charge in [-0.3, -0.25) is 0 Å². The molecule has 0 bridgehead atoms. The lowest BCUT2D eigenvalue weighted by Gasteiger charge is -2.32. The normalized spacial score (nSPS) is 17.4. The summed E-state index contributed by atoms with van der Waals surface area (Å²) in [6, 6.07) is 3.28. The molecule has 0 spiro atoms. The molecule has 1 fully saturated rings. The van der Waals surface area contributed by atoms with Gasteiger partial charge < -0.3 is 10.4 Å². The van der Waals surface area contributed by atoms with E-state index in [1.807, 2.05) is 6.92 Å². The molecule has 0 aliphatic heterocycles. The molecule has 0 radical (unpaired) electrons. The SMILES string of the molecule is CC(Nc1ccc(C(F)(F)F)c(C(=O)O)c1)C1CCC1. The first-order valence-corrected chi connectivity index (χ1v) is 6.50. The van der Waals surface area contributed by atoms with Gasteiger partial charge in [-0.25, -0.2) is 4.79 Å². The fraction of sp³-hybridized carbons (Fsp3) is 0.500. The van der Waals surface area contributed by atoms with Crippen LogP contribution < -0.4 is 5.32 Å². The lowest BCUT2D eigenvalue weighted by Crippen LogP contribution is -2.30. The highest BCUT2D eigenvalue weighted by atomic mass is 19.4. The molecule has 3 nitrogen and oxygen atoms in total. The molecule has 1 unspecified atom stereocenters. The van der Waals surface area contributed by atoms with E-state index in [2.05, 4.69) is 5.32 Å². The number of benzene rings is 1. The summed E-state index contributed by atoms with van der Waals surface area (Å²) in [6.45, 7) is 1.96. The van der Waals surface area contributed by atoms with Gasteiger partial charge in [-0.15, -0.1) is 0 Å². The largest absolute Gasteiger partial charge is 0.478 e. The van der Waals surface area contributed by atoms with Crippen molar-refractivity contribution in [2.75, 3.05) is 5.32 Å². The summed E-state index contributed by atoms with van der Waals surface area (Å²) in [5.74, 6) is -1.07. The zero-order valence-corrected chi connectivity index (χ0v) is 11.0. The molecule has 1 aliphatic rings. The summed E-state index contributed by atoms with van der Waals surface area (Å²) < 4.78 is 38.1. The number of hydrogen-bond acceptors (Lipinski definition) is 2. The zero-order valence-electron chi connectivity index (χ0n) is 11.0. The van der Waals surface area contributed by atoms with Crippen LogP contribution in [0.1, 0.15) is 42.1 Å². The van der Waals surface area contributed by atoms with Crippen LogP contribution in [0.15, 0.2) is 18.2 Å². The van der Waals surface area contributed by atoms with Gasteiger partial charge in [0, 0.05) is 11.7 Å². The van der Waals surface area contributed by atoms with Crippen molar-refractivity contribution in [1.29, 1.82) is 0 Å². The number of aromatic carboxylic acids is 1. The fourth-order valence-electron chi connectivity index (χ4n) is 2.38. The van der Waals surface area contributed by atoms with E-state index in [1.165, 1.54) is 12.5 Å². The van der Waals surface area contributed by atoms with Gasteiger partial charge in [-0.2, -0.15) is 13.2 Å². The van der Waals surface area contributed by atoms with E-state index in [9.17, 15) is 18.0 Å². The molecule has 0 amide bonds. The number of carboxylic acids is 1. The molecular weight excluding hydrogens is 271 g/mol. The van der Waals surface area contributed by atoms with Crippen molar-refractivity contribution < 1.29 is 23.1 Å². The van der Waals surface area contributed by atoms with E-state index in [4.69, 9.17) is 5.11 Å². The standard InChI is InChI=1S/C14H16F3NO2/c1-8(9-3-2-4-9)18-10-5-6-12(14(15,16)17)11(7-10)13(19)20/h5-9,18H,2-4H2,1H3,(H,19,20). The first kappa shape index (κ1) is 14.7. The zero-order chi connectivity index (χ0) is 14.9. The second kappa shape index (κ2) is 5.34. The predicted molar refractivity (Wildman–Crippen MR) is 68.8 cm³/mol. The number of carboxylic acid groups (broad SMARTS) is 1. The van der Waals surface area contributed by atoms with Gasteiger partial charge in [0.05, 0.1) is 11.1 Å². The van der Waals surface area contributed by atoms with E-state index >= 15 is 0 Å². The van der Waals surface area contributed by atoms with E-state index in [0.717, 1.165) is 25.0 Å². The summed E-state index contributed by atoms with van der Waals surface area (Å²) in [4.78, 5) is 11.0. The number of carbonyl (C=O) groups is 1. The van der Waals surface area contributed by atoms with Crippen LogP contribution in [0.3, 0.4) is 0 Å². The van der Waals surface area contributed by atoms with Crippen LogP contribution in [0, 0.1) is 5.92 Å². The van der Waals surface area contributed by atoms with Crippen LogP contribution in [-0.4, -0.2) is 17.1 Å². The van der Waals surface area contributed by atoms with E-state index in [-0.39, 0.29) is 6.04 Å². The van der Waals surface area contributed by atoms with Crippen molar-refractivity contribution in [3.8, 4) is 0 Å². The Hall–Kier alpha value is -1.72. The molecule has 2 N–H and O–H groups in total. The van der Waals surface area contributed by atoms with Gasteiger partial charge in [0.1, 0.15) is 0 Å². The summed E-state index contributed by atoms with van der Waals surface area (Å²) >= 11 is 0. The molecule has 1 aromatic carbocycles. The summed E-state index contributed by atoms with van der Waals surface area (Å²) in [5.41, 5.74) is -1.43. The van der Waals surface area contributed by atoms with Crippen molar-refractivity contribution in [3.05, 3.63) is 29.3 Å². The molecule has 110 valence electrons. The van der Waals surface area contributed by atoms with Crippen LogP contribution in [0.2, 0.25) is 0 Å². The topological polar surface area (TPSA) is 49.3 Å². The molecule has 1 aliphatic carbocycles. The van der Waals surface area contributed by atoms with Gasteiger partial charge in [-0.1, -0.05) is 6.42 Å². The average molecular weight is 287 g/mol. The van der Waals surface area contributed by atoms with Gasteiger partial charge in [0.25, 0.3) is 0 Å². The Morgan fingerprint density at radius 2 is 2.05 bits per heavy atom. The monoisotopic (exact) mass is 287 g/mol. The van der Waals surface area contributed by atoms with Crippen molar-refractivity contribution in [2.45, 2.75) is 38.4 Å². The van der Waals surface area contributed by atoms with Gasteiger partial charge in [0.15, 0.2) is 0 Å². The first-order chi connectivity index (χ1) is 9.29. The summed E-state index contributed by atoms with van der Waals surface area (Å²) in [6.07, 6.45) is -1.29. The Balaban J connectivity index is 2.23. The summed E-state index contributed by atoms with van der Waals surface area (Å²) in [7, 11) is 0. The molecule has 0 aromatic heterocycles. The van der Waals surface area contributed by atoms with Crippen molar-refractivity contribution in [1.82, 2.24) is 0 Å². The Labute approximate surface area is 114 Å². The quantitative estimate of drug-likeness (QED) is 0.879. The Bertz CT molecular complexity index is 510. The second-order valence-corrected chi connectivity index (χ2v) is 5.19. The molecular formula is C14H16F3NO2. The lowest BCUT2D eigenvalue weighted by molar-refractivity contribution is -0.138. The lowest BCUT2D eigenvalue weighted by atomic mass is 9.80. The maximum absolute atomic E-state index is 12.7. The molecule has 2 rings (SSSR count). The van der Waals surface area contributed by atoms with Crippen LogP contribution in [0.4, 0.5) is 18.9 Å². The highest BCUT2D eigenvalue weighted by Gasteiger charge is 2.35. The van der Waals surface area contributed by atoms with E-state index in [0.29, 0.717) is 11.6 Å². The number of alkyl halides is 3. The minimum atomic E-state index is -4.66. The molecule has 1 saturated carbocycles. The average Bonchev–Trinajstić information content (AvgIpc) is 2.24. The number of hydrogen-bond donors (Lipinski definition) is 2. The van der Waals surface area contributed by atoms with Crippen molar-refractivity contribution in [3.63, 3.8) is 0 Å². The van der Waals surface area contributed by atoms with Crippen molar-refractivity contribution >= 4 is 11.7 Å². The second-order valence-electron chi connectivity index (χ2n) is 5.19. The third kappa shape index (κ3) is 3.05. The minimum absolute atomic E-state index is 0.127. The molecule has 1 atom stereocenters. The van der Waals surface area contributed by atoms with Crippen LogP contribution in [-0.2, 0) is 6.18 Å². The van der Waals surface area contributed by atoms with Crippen LogP contribution in [0.25, 0.3) is 0 Å². The number of halogens is 3. The first-order valence-electron chi connectivity index (χ1n) is 6.50. The van der Waals surface area contributed by atoms with Crippen molar-refractivity contribution in [2.24, 2.45) is 5.92 Å². The molecule has 0 heterocycles. The highest BCUT2D eigenvalue weighted by molar-refractivity contribution is 5.91. The number of anilines is 1. The molecule has 0 saturated heterocycles. The van der Waals surface area contributed by atoms with Gasteiger partial charge in [0.2, 0.25) is 0 Å². The smallest absolute Gasteiger partial charge is 0.417 e. The van der Waals surface area contributed by atoms with Crippen LogP contribution >= 0.6 is 0 Å². The number of nitrogens with one attached hydrogen (secondary N) is 1. The molecule has 6 heteroatoms. The molecule has 20 heavy (non-hydrogen) atoms. The Morgan fingerprint density at radius 3 is 2.50 bits per heavy atom. The maximum Gasteiger partial charge on any atom is 0.417 e. The van der Waals surface area contributed by atoms with E-state index < -0.39 is 23.3 Å². The fourth-order valence-corrected chi connectivity index (χ4v) is 2.38. The Kier molecular flexibility index (Phi) is 3.92. The van der Waals surface area contributed by atoms with Crippen LogP contribution in [0.5, 0.6) is 0 Å². The third-order valence-electron chi connectivity index (χ3n) is 3.81. The predicted octanol–water partition coefficient (Wildman–Crippen LogP) is 4.00. The van der Waals surface area contributed by atoms with Gasteiger partial charge >= 0.3 is 12.1 Å². The third-order valence-corrected chi connectivity index (χ3v) is 3.81. The Morgan fingerprint density at radius 1 is 1.40 bits per heavy atom. The molecule has 1 aromatic rings. The highest BCUT2D eigenvalue weighted by Crippen LogP contribution is 2.35. The summed E-state index contributed by atoms with van der Waals surface area (Å²) in [5, 5.41) is 12.0. The van der Waals surface area contributed by atoms with E-state index in [1.54, 1.807) is 0 Å². The van der Waals surface area contributed by atoms with Gasteiger partial charge in [-0.05, 0) is 43.9 Å². The maximum atomic E-state index is 12.7.